The van der Waals surface area contributed by atoms with Crippen LogP contribution in [0.2, 0.25) is 0 Å². The highest BCUT2D eigenvalue weighted by molar-refractivity contribution is 14.2. The number of allylic oxidation sites excluding steroid dienone is 2. The summed E-state index contributed by atoms with van der Waals surface area (Å²) < 4.78 is 5.01. The predicted molar refractivity (Wildman–Crippen MR) is 102 cm³/mol. The smallest absolute Gasteiger partial charge is 0.330 e. The molecule has 0 fully saturated rings. The van der Waals surface area contributed by atoms with E-state index < -0.39 is 0 Å². The third kappa shape index (κ3) is 3.84. The lowest BCUT2D eigenvalue weighted by Crippen LogP contribution is -2.47. The van der Waals surface area contributed by atoms with Gasteiger partial charge in [0.05, 0.1) is 13.2 Å². The third-order valence-electron chi connectivity index (χ3n) is 3.92. The van der Waals surface area contributed by atoms with Crippen molar-refractivity contribution in [2.75, 3.05) is 7.11 Å². The van der Waals surface area contributed by atoms with E-state index in [-0.39, 0.29) is 18.1 Å². The van der Waals surface area contributed by atoms with Gasteiger partial charge in [-0.05, 0) is 28.7 Å². The molecular weight excluding hydrogens is 422 g/mol. The molecule has 1 heterocycles. The normalized spacial score (nSPS) is 21.1. The summed E-state index contributed by atoms with van der Waals surface area (Å²) in [5.41, 5.74) is 5.68. The minimum atomic E-state index is -0.382. The van der Waals surface area contributed by atoms with Gasteiger partial charge in [-0.15, -0.1) is 0 Å². The molecule has 0 aromatic heterocycles. The Kier molecular flexibility index (Phi) is 5.51. The van der Waals surface area contributed by atoms with Crippen LogP contribution in [0.3, 0.4) is 0 Å². The molecule has 0 saturated heterocycles. The number of nitrogens with one attached hydrogen (secondary N) is 1. The Morgan fingerprint density at radius 2 is 2.22 bits per heavy atom. The number of carbonyl (C=O) groups is 1. The second kappa shape index (κ2) is 7.60. The number of ether oxygens (including phenoxy) is 1. The minimum absolute atomic E-state index is 0.134. The van der Waals surface area contributed by atoms with Crippen LogP contribution in [0.5, 0.6) is 0 Å². The van der Waals surface area contributed by atoms with Crippen molar-refractivity contribution in [2.45, 2.75) is 18.5 Å². The Balaban J connectivity index is 1.82. The maximum absolute atomic E-state index is 12.3. The number of hydrogen-bond acceptors (Lipinski definition) is 4. The zero-order valence-corrected chi connectivity index (χ0v) is 15.9. The molecule has 0 radical (unpaired) electrons. The fourth-order valence-electron chi connectivity index (χ4n) is 2.73. The number of rotatable bonds is 5. The number of hydrazine groups is 1. The number of hydrogen-bond donors (Lipinski definition) is 1. The zero-order chi connectivity index (χ0) is 16.2. The number of nitrogens with zero attached hydrogens (tertiary/aromatic N) is 1. The summed E-state index contributed by atoms with van der Waals surface area (Å²) in [6, 6.07) is 9.75. The van der Waals surface area contributed by atoms with E-state index in [1.807, 2.05) is 41.5 Å². The monoisotopic (exact) mass is 440 g/mol. The van der Waals surface area contributed by atoms with Crippen LogP contribution in [0, 0.1) is 0 Å². The maximum Gasteiger partial charge on any atom is 0.330 e. The van der Waals surface area contributed by atoms with Gasteiger partial charge in [-0.2, -0.15) is 0 Å². The first-order valence-corrected chi connectivity index (χ1v) is 11.5. The van der Waals surface area contributed by atoms with Gasteiger partial charge in [0.2, 0.25) is 0 Å². The lowest BCUT2D eigenvalue weighted by molar-refractivity contribution is -0.146. The second-order valence-corrected chi connectivity index (χ2v) is 7.81. The molecule has 3 atom stereocenters. The van der Waals surface area contributed by atoms with E-state index in [1.165, 1.54) is 18.0 Å². The Labute approximate surface area is 150 Å². The Hall–Kier alpha value is -1.17. The molecule has 1 aliphatic heterocycles. The number of esters is 1. The number of halogens is 1. The second-order valence-electron chi connectivity index (χ2n) is 5.43. The number of fused-ring (bicyclic) bond motifs is 1. The van der Waals surface area contributed by atoms with E-state index in [9.17, 15) is 4.79 Å². The van der Waals surface area contributed by atoms with Crippen LogP contribution in [-0.4, -0.2) is 30.2 Å². The first-order valence-electron chi connectivity index (χ1n) is 7.36. The van der Waals surface area contributed by atoms with Crippen LogP contribution in [0.25, 0.3) is 0 Å². The van der Waals surface area contributed by atoms with Gasteiger partial charge in [0, 0.05) is 12.6 Å². The lowest BCUT2D eigenvalue weighted by atomic mass is 10.0. The van der Waals surface area contributed by atoms with Crippen LogP contribution < -0.4 is 5.43 Å². The SMILES string of the molecule is COC(=O)C(Cc1ccccc1)N1C=C2C=C(PI)C=CC2N1. The van der Waals surface area contributed by atoms with Crippen molar-refractivity contribution in [2.24, 2.45) is 0 Å². The van der Waals surface area contributed by atoms with Crippen molar-refractivity contribution in [3.8, 4) is 0 Å². The van der Waals surface area contributed by atoms with Crippen LogP contribution in [0.4, 0.5) is 0 Å². The molecule has 0 saturated carbocycles. The van der Waals surface area contributed by atoms with Gasteiger partial charge >= 0.3 is 5.97 Å². The van der Waals surface area contributed by atoms with Crippen molar-refractivity contribution >= 4 is 34.2 Å². The molecule has 1 aromatic rings. The highest BCUT2D eigenvalue weighted by Gasteiger charge is 2.32. The predicted octanol–water partition coefficient (Wildman–Crippen LogP) is 3.33. The summed E-state index contributed by atoms with van der Waals surface area (Å²) in [4.78, 5) is 12.3. The van der Waals surface area contributed by atoms with Gasteiger partial charge in [-0.25, -0.2) is 10.2 Å². The summed E-state index contributed by atoms with van der Waals surface area (Å²) >= 11 is 2.38. The molecule has 120 valence electrons. The van der Waals surface area contributed by atoms with Crippen LogP contribution in [-0.2, 0) is 16.0 Å². The number of methoxy groups -OCH3 is 1. The summed E-state index contributed by atoms with van der Waals surface area (Å²) in [6.07, 6.45) is 9.85. The minimum Gasteiger partial charge on any atom is -0.467 e. The maximum atomic E-state index is 12.3. The van der Waals surface area contributed by atoms with Crippen molar-refractivity contribution < 1.29 is 9.53 Å². The van der Waals surface area contributed by atoms with Gasteiger partial charge in [0.15, 0.2) is 0 Å². The lowest BCUT2D eigenvalue weighted by Gasteiger charge is -2.27. The van der Waals surface area contributed by atoms with Crippen molar-refractivity contribution in [3.05, 3.63) is 71.2 Å². The molecule has 0 bridgehead atoms. The average Bonchev–Trinajstić information content (AvgIpc) is 3.02. The molecule has 0 amide bonds. The Morgan fingerprint density at radius 3 is 2.91 bits per heavy atom. The fourth-order valence-corrected chi connectivity index (χ4v) is 4.12. The molecule has 1 aliphatic carbocycles. The van der Waals surface area contributed by atoms with Crippen molar-refractivity contribution in [3.63, 3.8) is 0 Å². The van der Waals surface area contributed by atoms with Crippen LogP contribution in [0.1, 0.15) is 5.56 Å². The van der Waals surface area contributed by atoms with Crippen molar-refractivity contribution in [1.82, 2.24) is 10.4 Å². The number of carbonyl (C=O) groups excluding carboxylic acids is 1. The van der Waals surface area contributed by atoms with E-state index in [4.69, 9.17) is 4.74 Å². The van der Waals surface area contributed by atoms with Crippen LogP contribution in [0.15, 0.2) is 65.6 Å². The summed E-state index contributed by atoms with van der Waals surface area (Å²) in [5, 5.41) is 3.20. The zero-order valence-electron chi connectivity index (χ0n) is 12.7. The van der Waals surface area contributed by atoms with Crippen molar-refractivity contribution in [1.29, 1.82) is 0 Å². The molecule has 2 aliphatic rings. The van der Waals surface area contributed by atoms with E-state index in [2.05, 4.69) is 45.7 Å². The molecule has 23 heavy (non-hydrogen) atoms. The molecule has 1 aromatic carbocycles. The molecule has 3 unspecified atom stereocenters. The Bertz CT molecular complexity index is 672. The average molecular weight is 440 g/mol. The fraction of sp³-hybridized carbons (Fsp3) is 0.235. The van der Waals surface area contributed by atoms with Gasteiger partial charge in [0.1, 0.15) is 6.04 Å². The first-order chi connectivity index (χ1) is 11.2. The molecule has 3 rings (SSSR count). The molecule has 0 spiro atoms. The standard InChI is InChI=1S/C17H18IN2O2P/c1-22-17(21)16(9-12-5-3-2-4-6-12)20-11-13-10-14(23-18)7-8-15(13)19-20/h2-8,10-11,15-16,19,23H,9H2,1H3. The molecule has 1 N–H and O–H groups in total. The van der Waals surface area contributed by atoms with Gasteiger partial charge < -0.3 is 4.74 Å². The van der Waals surface area contributed by atoms with Gasteiger partial charge in [0.25, 0.3) is 0 Å². The van der Waals surface area contributed by atoms with E-state index in [1.54, 1.807) is 0 Å². The van der Waals surface area contributed by atoms with Crippen LogP contribution >= 0.6 is 28.3 Å². The highest BCUT2D eigenvalue weighted by atomic mass is 127. The highest BCUT2D eigenvalue weighted by Crippen LogP contribution is 2.37. The first kappa shape index (κ1) is 16.7. The van der Waals surface area contributed by atoms with E-state index in [0.29, 0.717) is 6.42 Å². The largest absolute Gasteiger partial charge is 0.467 e. The molecule has 6 heteroatoms. The van der Waals surface area contributed by atoms with Gasteiger partial charge in [-0.1, -0.05) is 64.5 Å². The van der Waals surface area contributed by atoms with E-state index >= 15 is 0 Å². The molecular formula is C17H18IN2O2P. The topological polar surface area (TPSA) is 41.6 Å². The van der Waals surface area contributed by atoms with E-state index in [0.717, 1.165) is 11.8 Å². The quantitative estimate of drug-likeness (QED) is 0.434. The van der Waals surface area contributed by atoms with Gasteiger partial charge in [-0.3, -0.25) is 5.01 Å². The summed E-state index contributed by atoms with van der Waals surface area (Å²) in [7, 11) is 1.44. The summed E-state index contributed by atoms with van der Waals surface area (Å²) in [5.74, 6) is -0.235. The third-order valence-corrected chi connectivity index (χ3v) is 6.31. The Morgan fingerprint density at radius 1 is 1.43 bits per heavy atom. The molecule has 4 nitrogen and oxygen atoms in total. The number of benzene rings is 1. The summed E-state index contributed by atoms with van der Waals surface area (Å²) in [6.45, 7) is 0.